The van der Waals surface area contributed by atoms with E-state index in [-0.39, 0.29) is 22.1 Å². The van der Waals surface area contributed by atoms with Crippen LogP contribution < -0.4 is 10.9 Å². The number of nitrogens with zero attached hydrogens (tertiary/aromatic N) is 2. The van der Waals surface area contributed by atoms with Crippen LogP contribution in [0.1, 0.15) is 12.5 Å². The van der Waals surface area contributed by atoms with Crippen molar-refractivity contribution >= 4 is 40.2 Å². The highest BCUT2D eigenvalue weighted by Crippen LogP contribution is 2.26. The predicted octanol–water partition coefficient (Wildman–Crippen LogP) is 5.11. The number of aromatic nitrogens is 2. The fourth-order valence-electron chi connectivity index (χ4n) is 3.21. The van der Waals surface area contributed by atoms with Crippen LogP contribution >= 0.6 is 23.4 Å². The van der Waals surface area contributed by atoms with E-state index in [1.807, 2.05) is 0 Å². The first kappa shape index (κ1) is 22.9. The van der Waals surface area contributed by atoms with Crippen LogP contribution in [-0.2, 0) is 11.3 Å². The fourth-order valence-corrected chi connectivity index (χ4v) is 4.28. The molecule has 0 radical (unpaired) electrons. The van der Waals surface area contributed by atoms with E-state index >= 15 is 0 Å². The quantitative estimate of drug-likeness (QED) is 0.304. The number of carbonyl (C=O) groups excluding carboxylic acids is 1. The van der Waals surface area contributed by atoms with Crippen molar-refractivity contribution in [2.24, 2.45) is 0 Å². The zero-order valence-electron chi connectivity index (χ0n) is 17.4. The van der Waals surface area contributed by atoms with Crippen molar-refractivity contribution in [2.45, 2.75) is 23.9 Å². The smallest absolute Gasteiger partial charge is 0.266 e. The predicted molar refractivity (Wildman–Crippen MR) is 126 cm³/mol. The Morgan fingerprint density at radius 3 is 2.58 bits per heavy atom. The molecule has 168 valence electrons. The van der Waals surface area contributed by atoms with Crippen LogP contribution in [0.5, 0.6) is 0 Å². The maximum absolute atomic E-state index is 14.6. The van der Waals surface area contributed by atoms with Gasteiger partial charge in [-0.25, -0.2) is 13.8 Å². The van der Waals surface area contributed by atoms with Crippen LogP contribution in [0.2, 0.25) is 5.02 Å². The Morgan fingerprint density at radius 1 is 1.12 bits per heavy atom. The van der Waals surface area contributed by atoms with Crippen LogP contribution in [0.3, 0.4) is 0 Å². The van der Waals surface area contributed by atoms with Gasteiger partial charge in [0, 0.05) is 17.6 Å². The van der Waals surface area contributed by atoms with Gasteiger partial charge in [0.2, 0.25) is 5.91 Å². The Bertz CT molecular complexity index is 1390. The molecule has 33 heavy (non-hydrogen) atoms. The van der Waals surface area contributed by atoms with Gasteiger partial charge in [0.05, 0.1) is 21.8 Å². The van der Waals surface area contributed by atoms with Gasteiger partial charge in [-0.15, -0.1) is 0 Å². The van der Waals surface area contributed by atoms with Crippen molar-refractivity contribution in [2.75, 3.05) is 0 Å². The molecule has 1 N–H and O–H groups in total. The second kappa shape index (κ2) is 9.72. The second-order valence-electron chi connectivity index (χ2n) is 7.25. The van der Waals surface area contributed by atoms with E-state index in [1.165, 1.54) is 6.07 Å². The van der Waals surface area contributed by atoms with E-state index in [1.54, 1.807) is 55.5 Å². The highest BCUT2D eigenvalue weighted by Gasteiger charge is 2.21. The number of benzene rings is 3. The van der Waals surface area contributed by atoms with Crippen LogP contribution in [0.25, 0.3) is 16.6 Å². The molecular formula is C24H18ClF2N3O2S. The molecule has 0 saturated heterocycles. The number of rotatable bonds is 6. The first-order chi connectivity index (χ1) is 15.8. The standard InChI is InChI=1S/C24H18ClF2N3O2S/c1-14(22(31)28-13-15-6-8-16(25)9-7-15)33-24-29-20-5-3-2-4-18(20)23(32)30(24)21-11-10-17(26)12-19(21)27/h2-12,14H,13H2,1H3,(H,28,31). The molecule has 0 aliphatic carbocycles. The Hall–Kier alpha value is -3.23. The lowest BCUT2D eigenvalue weighted by molar-refractivity contribution is -0.120. The summed E-state index contributed by atoms with van der Waals surface area (Å²) in [5.74, 6) is -1.96. The van der Waals surface area contributed by atoms with Gasteiger partial charge in [-0.3, -0.25) is 14.2 Å². The zero-order valence-corrected chi connectivity index (χ0v) is 19.0. The van der Waals surface area contributed by atoms with E-state index in [2.05, 4.69) is 10.3 Å². The number of thioether (sulfide) groups is 1. The molecule has 0 aliphatic rings. The Kier molecular flexibility index (Phi) is 6.76. The number of fused-ring (bicyclic) bond motifs is 1. The highest BCUT2D eigenvalue weighted by atomic mass is 35.5. The van der Waals surface area contributed by atoms with Crippen molar-refractivity contribution in [3.8, 4) is 5.69 Å². The maximum atomic E-state index is 14.6. The molecule has 0 bridgehead atoms. The number of nitrogens with one attached hydrogen (secondary N) is 1. The van der Waals surface area contributed by atoms with Crippen molar-refractivity contribution in [3.63, 3.8) is 0 Å². The third-order valence-electron chi connectivity index (χ3n) is 4.93. The summed E-state index contributed by atoms with van der Waals surface area (Å²) in [6, 6.07) is 16.7. The number of amides is 1. The largest absolute Gasteiger partial charge is 0.351 e. The molecule has 0 aliphatic heterocycles. The van der Waals surface area contributed by atoms with E-state index < -0.39 is 22.4 Å². The summed E-state index contributed by atoms with van der Waals surface area (Å²) < 4.78 is 29.1. The summed E-state index contributed by atoms with van der Waals surface area (Å²) in [5.41, 5.74) is 0.634. The highest BCUT2D eigenvalue weighted by molar-refractivity contribution is 8.00. The molecule has 9 heteroatoms. The third-order valence-corrected chi connectivity index (χ3v) is 6.23. The second-order valence-corrected chi connectivity index (χ2v) is 9.00. The summed E-state index contributed by atoms with van der Waals surface area (Å²) in [6.07, 6.45) is 0. The summed E-state index contributed by atoms with van der Waals surface area (Å²) in [5, 5.41) is 3.18. The Balaban J connectivity index is 1.66. The minimum absolute atomic E-state index is 0.123. The van der Waals surface area contributed by atoms with Crippen molar-refractivity contribution < 1.29 is 13.6 Å². The molecule has 5 nitrogen and oxygen atoms in total. The van der Waals surface area contributed by atoms with Gasteiger partial charge in [-0.05, 0) is 48.9 Å². The Labute approximate surface area is 197 Å². The van der Waals surface area contributed by atoms with Gasteiger partial charge in [-0.1, -0.05) is 47.6 Å². The molecule has 0 fully saturated rings. The van der Waals surface area contributed by atoms with Crippen molar-refractivity contribution in [1.82, 2.24) is 14.9 Å². The monoisotopic (exact) mass is 485 g/mol. The summed E-state index contributed by atoms with van der Waals surface area (Å²) >= 11 is 6.89. The SMILES string of the molecule is CC(Sc1nc2ccccc2c(=O)n1-c1ccc(F)cc1F)C(=O)NCc1ccc(Cl)cc1. The van der Waals surface area contributed by atoms with Crippen LogP contribution in [0.4, 0.5) is 8.78 Å². The molecule has 1 amide bonds. The van der Waals surface area contributed by atoms with Gasteiger partial charge < -0.3 is 5.32 Å². The van der Waals surface area contributed by atoms with Crippen LogP contribution in [-0.4, -0.2) is 20.7 Å². The summed E-state index contributed by atoms with van der Waals surface area (Å²) in [7, 11) is 0. The van der Waals surface area contributed by atoms with Gasteiger partial charge in [0.25, 0.3) is 5.56 Å². The van der Waals surface area contributed by atoms with E-state index in [0.717, 1.165) is 28.0 Å². The zero-order chi connectivity index (χ0) is 23.5. The fraction of sp³-hybridized carbons (Fsp3) is 0.125. The number of hydrogen-bond donors (Lipinski definition) is 1. The first-order valence-corrected chi connectivity index (χ1v) is 11.3. The molecule has 1 heterocycles. The first-order valence-electron chi connectivity index (χ1n) is 9.99. The molecule has 4 aromatic rings. The average Bonchev–Trinajstić information content (AvgIpc) is 2.79. The normalized spacial score (nSPS) is 12.0. The van der Waals surface area contributed by atoms with E-state index in [0.29, 0.717) is 23.2 Å². The topological polar surface area (TPSA) is 64.0 Å². The van der Waals surface area contributed by atoms with Crippen molar-refractivity contribution in [3.05, 3.63) is 99.3 Å². The molecule has 1 aromatic heterocycles. The summed E-state index contributed by atoms with van der Waals surface area (Å²) in [6.45, 7) is 1.96. The summed E-state index contributed by atoms with van der Waals surface area (Å²) in [4.78, 5) is 30.4. The lowest BCUT2D eigenvalue weighted by Gasteiger charge is -2.17. The number of para-hydroxylation sites is 1. The van der Waals surface area contributed by atoms with Gasteiger partial charge in [0.1, 0.15) is 11.6 Å². The molecule has 3 aromatic carbocycles. The minimum atomic E-state index is -0.907. The molecular weight excluding hydrogens is 468 g/mol. The minimum Gasteiger partial charge on any atom is -0.351 e. The maximum Gasteiger partial charge on any atom is 0.266 e. The molecule has 0 spiro atoms. The van der Waals surface area contributed by atoms with Crippen LogP contribution in [0.15, 0.2) is 76.7 Å². The Morgan fingerprint density at radius 2 is 1.85 bits per heavy atom. The number of halogens is 3. The molecule has 4 rings (SSSR count). The average molecular weight is 486 g/mol. The van der Waals surface area contributed by atoms with Gasteiger partial charge in [-0.2, -0.15) is 0 Å². The number of hydrogen-bond acceptors (Lipinski definition) is 4. The molecule has 0 saturated carbocycles. The van der Waals surface area contributed by atoms with Crippen molar-refractivity contribution in [1.29, 1.82) is 0 Å². The number of carbonyl (C=O) groups is 1. The van der Waals surface area contributed by atoms with E-state index in [9.17, 15) is 18.4 Å². The van der Waals surface area contributed by atoms with Crippen LogP contribution in [0, 0.1) is 11.6 Å². The molecule has 1 atom stereocenters. The lowest BCUT2D eigenvalue weighted by Crippen LogP contribution is -2.31. The third kappa shape index (κ3) is 5.07. The molecule has 1 unspecified atom stereocenters. The van der Waals surface area contributed by atoms with E-state index in [4.69, 9.17) is 11.6 Å². The lowest BCUT2D eigenvalue weighted by atomic mass is 10.2. The van der Waals surface area contributed by atoms with Gasteiger partial charge in [0.15, 0.2) is 5.16 Å². The van der Waals surface area contributed by atoms with Gasteiger partial charge >= 0.3 is 0 Å².